The molecule has 0 aliphatic heterocycles. The van der Waals surface area contributed by atoms with E-state index in [9.17, 15) is 0 Å². The van der Waals surface area contributed by atoms with Gasteiger partial charge in [-0.3, -0.25) is 0 Å². The van der Waals surface area contributed by atoms with Crippen molar-refractivity contribution in [3.05, 3.63) is 23.8 Å². The van der Waals surface area contributed by atoms with Gasteiger partial charge in [0.05, 0.1) is 7.11 Å². The fourth-order valence-electron chi connectivity index (χ4n) is 2.28. The topological polar surface area (TPSA) is 24.5 Å². The summed E-state index contributed by atoms with van der Waals surface area (Å²) in [6.07, 6.45) is 0. The van der Waals surface area contributed by atoms with Crippen molar-refractivity contribution in [1.29, 1.82) is 0 Å². The SMILES string of the molecule is CNCC(C)(C)N(C)c1ccc(OC)c(C(C)C)c1. The third-order valence-corrected chi connectivity index (χ3v) is 3.74. The number of methoxy groups -OCH3 is 1. The molecular formula is C16H28N2O. The van der Waals surface area contributed by atoms with Gasteiger partial charge in [0.2, 0.25) is 0 Å². The van der Waals surface area contributed by atoms with Gasteiger partial charge in [-0.2, -0.15) is 0 Å². The van der Waals surface area contributed by atoms with Gasteiger partial charge in [-0.05, 0) is 50.6 Å². The maximum absolute atomic E-state index is 5.44. The second kappa shape index (κ2) is 6.29. The van der Waals surface area contributed by atoms with Gasteiger partial charge in [-0.15, -0.1) is 0 Å². The summed E-state index contributed by atoms with van der Waals surface area (Å²) in [7, 11) is 5.86. The van der Waals surface area contributed by atoms with Gasteiger partial charge in [0, 0.05) is 24.8 Å². The first-order valence-electron chi connectivity index (χ1n) is 6.90. The van der Waals surface area contributed by atoms with Gasteiger partial charge in [-0.25, -0.2) is 0 Å². The summed E-state index contributed by atoms with van der Waals surface area (Å²) in [5.74, 6) is 1.43. The van der Waals surface area contributed by atoms with Gasteiger partial charge < -0.3 is 15.0 Å². The van der Waals surface area contributed by atoms with Crippen molar-refractivity contribution in [2.24, 2.45) is 0 Å². The average molecular weight is 264 g/mol. The molecule has 0 unspecified atom stereocenters. The Morgan fingerprint density at radius 3 is 2.42 bits per heavy atom. The minimum Gasteiger partial charge on any atom is -0.496 e. The molecule has 0 aromatic heterocycles. The van der Waals surface area contributed by atoms with Crippen LogP contribution < -0.4 is 15.0 Å². The van der Waals surface area contributed by atoms with Gasteiger partial charge in [-0.1, -0.05) is 13.8 Å². The van der Waals surface area contributed by atoms with E-state index in [-0.39, 0.29) is 5.54 Å². The predicted molar refractivity (Wildman–Crippen MR) is 83.5 cm³/mol. The minimum atomic E-state index is 0.0671. The van der Waals surface area contributed by atoms with E-state index >= 15 is 0 Å². The molecule has 0 spiro atoms. The Labute approximate surface area is 118 Å². The van der Waals surface area contributed by atoms with Crippen LogP contribution >= 0.6 is 0 Å². The summed E-state index contributed by atoms with van der Waals surface area (Å²) >= 11 is 0. The van der Waals surface area contributed by atoms with Crippen LogP contribution in [-0.4, -0.2) is 33.3 Å². The standard InChI is InChI=1S/C16H28N2O/c1-12(2)14-10-13(8-9-15(14)19-7)18(6)16(3,4)11-17-5/h8-10,12,17H,11H2,1-7H3. The van der Waals surface area contributed by atoms with Gasteiger partial charge in [0.15, 0.2) is 0 Å². The lowest BCUT2D eigenvalue weighted by atomic mass is 9.98. The largest absolute Gasteiger partial charge is 0.496 e. The number of nitrogens with one attached hydrogen (secondary N) is 1. The zero-order valence-corrected chi connectivity index (χ0v) is 13.4. The molecule has 0 amide bonds. The molecule has 0 atom stereocenters. The summed E-state index contributed by atoms with van der Waals surface area (Å²) in [5.41, 5.74) is 2.55. The first kappa shape index (κ1) is 15.8. The Balaban J connectivity index is 3.11. The molecule has 1 aromatic rings. The van der Waals surface area contributed by atoms with Crippen LogP contribution in [0.1, 0.15) is 39.2 Å². The van der Waals surface area contributed by atoms with Crippen molar-refractivity contribution >= 4 is 5.69 Å². The van der Waals surface area contributed by atoms with Crippen LogP contribution in [0.3, 0.4) is 0 Å². The van der Waals surface area contributed by atoms with Crippen LogP contribution in [0.2, 0.25) is 0 Å². The minimum absolute atomic E-state index is 0.0671. The maximum atomic E-state index is 5.44. The molecule has 3 nitrogen and oxygen atoms in total. The molecule has 0 radical (unpaired) electrons. The van der Waals surface area contributed by atoms with E-state index in [1.807, 2.05) is 7.05 Å². The van der Waals surface area contributed by atoms with E-state index in [1.165, 1.54) is 11.3 Å². The quantitative estimate of drug-likeness (QED) is 0.853. The van der Waals surface area contributed by atoms with Crippen molar-refractivity contribution < 1.29 is 4.74 Å². The van der Waals surface area contributed by atoms with E-state index in [1.54, 1.807) is 7.11 Å². The molecule has 0 aliphatic rings. The molecule has 1 rings (SSSR count). The van der Waals surface area contributed by atoms with Crippen molar-refractivity contribution in [1.82, 2.24) is 5.32 Å². The Morgan fingerprint density at radius 1 is 1.32 bits per heavy atom. The lowest BCUT2D eigenvalue weighted by Gasteiger charge is -2.38. The van der Waals surface area contributed by atoms with Crippen molar-refractivity contribution in [2.45, 2.75) is 39.2 Å². The Morgan fingerprint density at radius 2 is 1.95 bits per heavy atom. The van der Waals surface area contributed by atoms with Crippen molar-refractivity contribution in [3.8, 4) is 5.75 Å². The lowest BCUT2D eigenvalue weighted by molar-refractivity contribution is 0.407. The molecule has 19 heavy (non-hydrogen) atoms. The zero-order chi connectivity index (χ0) is 14.6. The lowest BCUT2D eigenvalue weighted by Crippen LogP contribution is -2.48. The molecular weight excluding hydrogens is 236 g/mol. The first-order chi connectivity index (χ1) is 8.83. The Kier molecular flexibility index (Phi) is 5.24. The number of anilines is 1. The Hall–Kier alpha value is -1.22. The molecule has 0 saturated heterocycles. The second-order valence-corrected chi connectivity index (χ2v) is 5.98. The van der Waals surface area contributed by atoms with E-state index in [4.69, 9.17) is 4.74 Å². The summed E-state index contributed by atoms with van der Waals surface area (Å²) in [4.78, 5) is 2.31. The second-order valence-electron chi connectivity index (χ2n) is 5.98. The smallest absolute Gasteiger partial charge is 0.122 e. The Bertz CT molecular complexity index is 413. The van der Waals surface area contributed by atoms with Crippen LogP contribution in [0.5, 0.6) is 5.75 Å². The van der Waals surface area contributed by atoms with E-state index in [0.717, 1.165) is 12.3 Å². The molecule has 1 aromatic carbocycles. The molecule has 0 heterocycles. The summed E-state index contributed by atoms with van der Waals surface area (Å²) in [5, 5.41) is 3.25. The molecule has 0 fully saturated rings. The number of hydrogen-bond acceptors (Lipinski definition) is 3. The monoisotopic (exact) mass is 264 g/mol. The maximum Gasteiger partial charge on any atom is 0.122 e. The first-order valence-corrected chi connectivity index (χ1v) is 6.90. The van der Waals surface area contributed by atoms with Crippen molar-refractivity contribution in [3.63, 3.8) is 0 Å². The fourth-order valence-corrected chi connectivity index (χ4v) is 2.28. The van der Waals surface area contributed by atoms with Crippen LogP contribution in [0.25, 0.3) is 0 Å². The van der Waals surface area contributed by atoms with Gasteiger partial charge in [0.1, 0.15) is 5.75 Å². The van der Waals surface area contributed by atoms with Crippen LogP contribution in [0.4, 0.5) is 5.69 Å². The highest BCUT2D eigenvalue weighted by molar-refractivity contribution is 5.55. The number of rotatable bonds is 6. The number of nitrogens with zero attached hydrogens (tertiary/aromatic N) is 1. The third kappa shape index (κ3) is 3.63. The average Bonchev–Trinajstić information content (AvgIpc) is 2.36. The summed E-state index contributed by atoms with van der Waals surface area (Å²) in [6, 6.07) is 6.43. The highest BCUT2D eigenvalue weighted by Gasteiger charge is 2.23. The predicted octanol–water partition coefficient (Wildman–Crippen LogP) is 3.25. The molecule has 1 N–H and O–H groups in total. The number of hydrogen-bond donors (Lipinski definition) is 1. The van der Waals surface area contributed by atoms with E-state index < -0.39 is 0 Å². The van der Waals surface area contributed by atoms with E-state index in [0.29, 0.717) is 5.92 Å². The number of likely N-dealkylation sites (N-methyl/N-ethyl adjacent to an activating group) is 2. The molecule has 0 saturated carbocycles. The van der Waals surface area contributed by atoms with Crippen LogP contribution in [0.15, 0.2) is 18.2 Å². The number of benzene rings is 1. The summed E-state index contributed by atoms with van der Waals surface area (Å²) in [6.45, 7) is 9.80. The molecule has 3 heteroatoms. The van der Waals surface area contributed by atoms with Crippen molar-refractivity contribution in [2.75, 3.05) is 32.6 Å². The zero-order valence-electron chi connectivity index (χ0n) is 13.4. The number of ether oxygens (including phenoxy) is 1. The normalized spacial score (nSPS) is 11.8. The molecule has 0 aliphatic carbocycles. The fraction of sp³-hybridized carbons (Fsp3) is 0.625. The van der Waals surface area contributed by atoms with Crippen LogP contribution in [-0.2, 0) is 0 Å². The van der Waals surface area contributed by atoms with E-state index in [2.05, 4.69) is 63.2 Å². The molecule has 0 bridgehead atoms. The summed E-state index contributed by atoms with van der Waals surface area (Å²) < 4.78 is 5.44. The third-order valence-electron chi connectivity index (χ3n) is 3.74. The van der Waals surface area contributed by atoms with Gasteiger partial charge in [0.25, 0.3) is 0 Å². The highest BCUT2D eigenvalue weighted by atomic mass is 16.5. The van der Waals surface area contributed by atoms with Crippen LogP contribution in [0, 0.1) is 0 Å². The highest BCUT2D eigenvalue weighted by Crippen LogP contribution is 2.32. The van der Waals surface area contributed by atoms with Gasteiger partial charge >= 0.3 is 0 Å². The molecule has 108 valence electrons.